The number of aromatic nitrogens is 2. The Morgan fingerprint density at radius 3 is 2.85 bits per heavy atom. The summed E-state index contributed by atoms with van der Waals surface area (Å²) in [6.45, 7) is 2.28. The van der Waals surface area contributed by atoms with Crippen molar-refractivity contribution < 1.29 is 9.53 Å². The maximum absolute atomic E-state index is 12.8. The molecule has 0 saturated heterocycles. The van der Waals surface area contributed by atoms with Gasteiger partial charge in [-0.25, -0.2) is 9.66 Å². The van der Waals surface area contributed by atoms with Crippen molar-refractivity contribution in [2.75, 3.05) is 25.3 Å². The van der Waals surface area contributed by atoms with Crippen LogP contribution in [0.15, 0.2) is 45.7 Å². The molecule has 0 bridgehead atoms. The minimum absolute atomic E-state index is 0.0932. The second kappa shape index (κ2) is 8.55. The molecular formula is C18H20N4O3S2. The van der Waals surface area contributed by atoms with Crippen molar-refractivity contribution in [3.8, 4) is 11.1 Å². The standard InChI is InChI=1S/C18H20N4O3S2/c1-11(8-25-2)20-14(23)10-27-18-21-16-15(17(24)22(18)19)13(9-26-16)12-6-4-3-5-7-12/h3-7,9,11H,8,10,19H2,1-2H3,(H,20,23)/t11-/m1/s1. The molecule has 3 rings (SSSR count). The molecule has 0 spiro atoms. The van der Waals surface area contributed by atoms with Crippen LogP contribution in [0.25, 0.3) is 21.3 Å². The number of rotatable bonds is 7. The van der Waals surface area contributed by atoms with Gasteiger partial charge >= 0.3 is 0 Å². The van der Waals surface area contributed by atoms with Gasteiger partial charge in [-0.1, -0.05) is 42.1 Å². The number of benzene rings is 1. The fourth-order valence-corrected chi connectivity index (χ4v) is 4.37. The van der Waals surface area contributed by atoms with E-state index < -0.39 is 0 Å². The lowest BCUT2D eigenvalue weighted by Crippen LogP contribution is -2.37. The molecule has 7 nitrogen and oxygen atoms in total. The Bertz CT molecular complexity index is 1000. The molecule has 0 aliphatic rings. The van der Waals surface area contributed by atoms with Crippen molar-refractivity contribution >= 4 is 39.2 Å². The van der Waals surface area contributed by atoms with E-state index in [9.17, 15) is 9.59 Å². The summed E-state index contributed by atoms with van der Waals surface area (Å²) in [6.07, 6.45) is 0. The van der Waals surface area contributed by atoms with Gasteiger partial charge in [-0.15, -0.1) is 11.3 Å². The number of hydrogen-bond acceptors (Lipinski definition) is 7. The number of amides is 1. The Morgan fingerprint density at radius 2 is 2.15 bits per heavy atom. The van der Waals surface area contributed by atoms with Gasteiger partial charge in [0.15, 0.2) is 5.16 Å². The third-order valence-electron chi connectivity index (χ3n) is 3.85. The first-order valence-corrected chi connectivity index (χ1v) is 10.1. The van der Waals surface area contributed by atoms with E-state index in [1.165, 1.54) is 11.3 Å². The number of thiophene rings is 1. The number of ether oxygens (including phenoxy) is 1. The Hall–Kier alpha value is -2.36. The maximum Gasteiger partial charge on any atom is 0.282 e. The van der Waals surface area contributed by atoms with Gasteiger partial charge in [0.1, 0.15) is 4.83 Å². The summed E-state index contributed by atoms with van der Waals surface area (Å²) in [5.74, 6) is 5.90. The Kier molecular flexibility index (Phi) is 6.15. The van der Waals surface area contributed by atoms with Crippen molar-refractivity contribution in [3.63, 3.8) is 0 Å². The predicted octanol–water partition coefficient (Wildman–Crippen LogP) is 2.08. The summed E-state index contributed by atoms with van der Waals surface area (Å²) < 4.78 is 6.00. The second-order valence-corrected chi connectivity index (χ2v) is 7.78. The number of thioether (sulfide) groups is 1. The second-order valence-electron chi connectivity index (χ2n) is 5.98. The lowest BCUT2D eigenvalue weighted by molar-refractivity contribution is -0.119. The largest absolute Gasteiger partial charge is 0.383 e. The Morgan fingerprint density at radius 1 is 1.41 bits per heavy atom. The molecule has 0 radical (unpaired) electrons. The fraction of sp³-hybridized carbons (Fsp3) is 0.278. The smallest absolute Gasteiger partial charge is 0.282 e. The highest BCUT2D eigenvalue weighted by Gasteiger charge is 2.17. The average molecular weight is 405 g/mol. The lowest BCUT2D eigenvalue weighted by Gasteiger charge is -2.12. The van der Waals surface area contributed by atoms with Crippen LogP contribution in [0.4, 0.5) is 0 Å². The van der Waals surface area contributed by atoms with Crippen LogP contribution in [0.5, 0.6) is 0 Å². The van der Waals surface area contributed by atoms with E-state index >= 15 is 0 Å². The zero-order valence-electron chi connectivity index (χ0n) is 15.0. The number of carbonyl (C=O) groups excluding carboxylic acids is 1. The van der Waals surface area contributed by atoms with Crippen molar-refractivity contribution in [1.82, 2.24) is 15.0 Å². The minimum Gasteiger partial charge on any atom is -0.383 e. The van der Waals surface area contributed by atoms with Gasteiger partial charge in [-0.3, -0.25) is 9.59 Å². The van der Waals surface area contributed by atoms with Gasteiger partial charge in [0, 0.05) is 24.1 Å². The van der Waals surface area contributed by atoms with E-state index in [-0.39, 0.29) is 23.3 Å². The van der Waals surface area contributed by atoms with Crippen LogP contribution in [-0.4, -0.2) is 41.1 Å². The highest BCUT2D eigenvalue weighted by molar-refractivity contribution is 7.99. The molecule has 27 heavy (non-hydrogen) atoms. The fourth-order valence-electron chi connectivity index (χ4n) is 2.65. The molecule has 2 heterocycles. The van der Waals surface area contributed by atoms with Crippen LogP contribution in [0.1, 0.15) is 6.92 Å². The summed E-state index contributed by atoms with van der Waals surface area (Å²) in [5, 5.41) is 5.52. The average Bonchev–Trinajstić information content (AvgIpc) is 3.08. The summed E-state index contributed by atoms with van der Waals surface area (Å²) >= 11 is 2.52. The molecule has 0 unspecified atom stereocenters. The molecule has 3 N–H and O–H groups in total. The molecular weight excluding hydrogens is 384 g/mol. The van der Waals surface area contributed by atoms with Gasteiger partial charge in [-0.05, 0) is 12.5 Å². The summed E-state index contributed by atoms with van der Waals surface area (Å²) in [5.41, 5.74) is 1.43. The molecule has 2 aromatic heterocycles. The van der Waals surface area contributed by atoms with Gasteiger partial charge in [0.2, 0.25) is 5.91 Å². The van der Waals surface area contributed by atoms with Crippen LogP contribution >= 0.6 is 23.1 Å². The van der Waals surface area contributed by atoms with E-state index in [1.807, 2.05) is 42.6 Å². The normalized spacial score (nSPS) is 12.2. The van der Waals surface area contributed by atoms with Gasteiger partial charge in [0.25, 0.3) is 5.56 Å². The quantitative estimate of drug-likeness (QED) is 0.355. The number of fused-ring (bicyclic) bond motifs is 1. The monoisotopic (exact) mass is 404 g/mol. The third-order valence-corrected chi connectivity index (χ3v) is 5.67. The maximum atomic E-state index is 12.8. The van der Waals surface area contributed by atoms with E-state index in [0.717, 1.165) is 27.6 Å². The molecule has 0 fully saturated rings. The van der Waals surface area contributed by atoms with Crippen LogP contribution in [-0.2, 0) is 9.53 Å². The zero-order chi connectivity index (χ0) is 19.4. The molecule has 1 amide bonds. The SMILES string of the molecule is COC[C@@H](C)NC(=O)CSc1nc2scc(-c3ccccc3)c2c(=O)n1N. The lowest BCUT2D eigenvalue weighted by atomic mass is 10.1. The molecule has 1 atom stereocenters. The molecule has 0 aliphatic heterocycles. The zero-order valence-corrected chi connectivity index (χ0v) is 16.6. The predicted molar refractivity (Wildman–Crippen MR) is 110 cm³/mol. The molecule has 142 valence electrons. The summed E-state index contributed by atoms with van der Waals surface area (Å²) in [7, 11) is 1.58. The van der Waals surface area contributed by atoms with E-state index in [1.54, 1.807) is 7.11 Å². The van der Waals surface area contributed by atoms with E-state index in [4.69, 9.17) is 10.6 Å². The third kappa shape index (κ3) is 4.32. The van der Waals surface area contributed by atoms with Crippen LogP contribution in [0.3, 0.4) is 0 Å². The Labute approximate surface area is 164 Å². The number of nitrogens with zero attached hydrogens (tertiary/aromatic N) is 2. The van der Waals surface area contributed by atoms with E-state index in [2.05, 4.69) is 10.3 Å². The number of nitrogens with one attached hydrogen (secondary N) is 1. The number of nitrogen functional groups attached to an aromatic ring is 1. The number of nitrogens with two attached hydrogens (primary N) is 1. The summed E-state index contributed by atoms with van der Waals surface area (Å²) in [6, 6.07) is 9.54. The first-order chi connectivity index (χ1) is 13.0. The van der Waals surface area contributed by atoms with Crippen molar-refractivity contribution in [2.45, 2.75) is 18.1 Å². The van der Waals surface area contributed by atoms with Crippen LogP contribution in [0, 0.1) is 0 Å². The number of hydrogen-bond donors (Lipinski definition) is 2. The molecule has 1 aromatic carbocycles. The van der Waals surface area contributed by atoms with Crippen LogP contribution < -0.4 is 16.7 Å². The van der Waals surface area contributed by atoms with Crippen LogP contribution in [0.2, 0.25) is 0 Å². The highest BCUT2D eigenvalue weighted by atomic mass is 32.2. The van der Waals surface area contributed by atoms with Crippen molar-refractivity contribution in [1.29, 1.82) is 0 Å². The van der Waals surface area contributed by atoms with Crippen molar-refractivity contribution in [2.24, 2.45) is 0 Å². The first-order valence-electron chi connectivity index (χ1n) is 8.27. The number of methoxy groups -OCH3 is 1. The molecule has 9 heteroatoms. The van der Waals surface area contributed by atoms with Crippen molar-refractivity contribution in [3.05, 3.63) is 46.1 Å². The van der Waals surface area contributed by atoms with Gasteiger partial charge < -0.3 is 15.9 Å². The molecule has 3 aromatic rings. The first kappa shape index (κ1) is 19.4. The highest BCUT2D eigenvalue weighted by Crippen LogP contribution is 2.31. The molecule has 0 aliphatic carbocycles. The Balaban J connectivity index is 1.84. The minimum atomic E-state index is -0.323. The van der Waals surface area contributed by atoms with E-state index in [0.29, 0.717) is 22.0 Å². The topological polar surface area (TPSA) is 99.2 Å². The van der Waals surface area contributed by atoms with Gasteiger partial charge in [0.05, 0.1) is 17.7 Å². The number of carbonyl (C=O) groups is 1. The van der Waals surface area contributed by atoms with Gasteiger partial charge in [-0.2, -0.15) is 0 Å². The summed E-state index contributed by atoms with van der Waals surface area (Å²) in [4.78, 5) is 29.9. The molecule has 0 saturated carbocycles.